The van der Waals surface area contributed by atoms with Crippen LogP contribution in [0, 0.1) is 0 Å². The molecule has 0 aliphatic rings. The molecular formula is C5H7F3NO2S. The molecule has 0 fully saturated rings. The minimum atomic E-state index is -3.66. The van der Waals surface area contributed by atoms with Gasteiger partial charge in [-0.3, -0.25) is 0 Å². The molecule has 0 amide bonds. The average molecular weight is 202 g/mol. The molecule has 0 aromatic carbocycles. The number of rotatable bonds is 5. The van der Waals surface area contributed by atoms with Crippen LogP contribution in [0.4, 0.5) is 13.4 Å². The first-order valence-corrected chi connectivity index (χ1v) is 4.35. The molecule has 1 radical (unpaired) electrons. The summed E-state index contributed by atoms with van der Waals surface area (Å²) >= 11 is 1.07. The number of hydrogen-bond acceptors (Lipinski definition) is 3. The van der Waals surface area contributed by atoms with E-state index >= 15 is 0 Å². The fraction of sp³-hybridized carbons (Fsp3) is 0.800. The number of halogens is 3. The zero-order chi connectivity index (χ0) is 9.78. The summed E-state index contributed by atoms with van der Waals surface area (Å²) in [4.78, 5) is 9.95. The van der Waals surface area contributed by atoms with Crippen molar-refractivity contribution in [2.75, 3.05) is 12.0 Å². The van der Waals surface area contributed by atoms with Crippen molar-refractivity contribution >= 4 is 17.7 Å². The number of thioether (sulfide) groups is 1. The van der Waals surface area contributed by atoms with Gasteiger partial charge in [-0.25, -0.2) is 14.3 Å². The molecule has 1 unspecified atom stereocenters. The minimum absolute atomic E-state index is 0.0190. The third-order valence-corrected chi connectivity index (χ3v) is 1.83. The predicted molar refractivity (Wildman–Crippen MR) is 36.6 cm³/mol. The van der Waals surface area contributed by atoms with Crippen LogP contribution in [-0.2, 0) is 9.90 Å². The summed E-state index contributed by atoms with van der Waals surface area (Å²) in [6, 6.07) is 0. The molecule has 3 nitrogen and oxygen atoms in total. The van der Waals surface area contributed by atoms with E-state index in [4.69, 9.17) is 0 Å². The van der Waals surface area contributed by atoms with Crippen molar-refractivity contribution in [1.82, 2.24) is 5.34 Å². The smallest absolute Gasteiger partial charge is 0.242 e. The molecule has 0 saturated heterocycles. The number of carbonyl (C=O) groups excluding carboxylic acids is 1. The van der Waals surface area contributed by atoms with Crippen molar-refractivity contribution < 1.29 is 23.3 Å². The molecular weight excluding hydrogens is 195 g/mol. The molecule has 0 rings (SSSR count). The fourth-order valence-electron chi connectivity index (χ4n) is 0.493. The van der Waals surface area contributed by atoms with Gasteiger partial charge in [-0.1, -0.05) is 8.96 Å². The van der Waals surface area contributed by atoms with Gasteiger partial charge in [0.1, 0.15) is 0 Å². The van der Waals surface area contributed by atoms with Crippen molar-refractivity contribution in [3.05, 3.63) is 0 Å². The second-order valence-corrected chi connectivity index (χ2v) is 3.01. The lowest BCUT2D eigenvalue weighted by Gasteiger charge is -2.17. The molecule has 0 aromatic rings. The van der Waals surface area contributed by atoms with Gasteiger partial charge >= 0.3 is 11.8 Å². The second-order valence-electron chi connectivity index (χ2n) is 2.02. The largest absolute Gasteiger partial charge is 0.412 e. The highest BCUT2D eigenvalue weighted by Gasteiger charge is 2.48. The second kappa shape index (κ2) is 4.56. The van der Waals surface area contributed by atoms with Crippen LogP contribution in [0.15, 0.2) is 0 Å². The van der Waals surface area contributed by atoms with Crippen LogP contribution in [0.5, 0.6) is 0 Å². The highest BCUT2D eigenvalue weighted by atomic mass is 32.2. The number of nitrogens with zero attached hydrogens (tertiary/aromatic N) is 1. The number of carbonyl (C=O) groups is 1. The molecule has 0 aromatic heterocycles. The summed E-state index contributed by atoms with van der Waals surface area (Å²) in [5, 5.41) is 7.98. The molecule has 71 valence electrons. The number of hydrogen-bond donors (Lipinski definition) is 0. The van der Waals surface area contributed by atoms with Crippen LogP contribution in [0.3, 0.4) is 0 Å². The summed E-state index contributed by atoms with van der Waals surface area (Å²) in [5.74, 6) is -6.10. The topological polar surface area (TPSA) is 40.2 Å². The highest BCUT2D eigenvalue weighted by Crippen LogP contribution is 2.25. The molecule has 0 aliphatic carbocycles. The maximum Gasteiger partial charge on any atom is 0.412 e. The third kappa shape index (κ3) is 2.56. The van der Waals surface area contributed by atoms with Gasteiger partial charge in [-0.05, 0) is 12.0 Å². The Balaban J connectivity index is 4.29. The van der Waals surface area contributed by atoms with Gasteiger partial charge in [-0.15, -0.1) is 0 Å². The monoisotopic (exact) mass is 202 g/mol. The van der Waals surface area contributed by atoms with Gasteiger partial charge in [0, 0.05) is 6.42 Å². The summed E-state index contributed by atoms with van der Waals surface area (Å²) < 4.78 is 36.1. The van der Waals surface area contributed by atoms with Crippen molar-refractivity contribution in [3.63, 3.8) is 0 Å². The Kier molecular flexibility index (Phi) is 4.40. The van der Waals surface area contributed by atoms with Crippen molar-refractivity contribution in [3.8, 4) is 0 Å². The van der Waals surface area contributed by atoms with Gasteiger partial charge in [0.25, 0.3) is 0 Å². The van der Waals surface area contributed by atoms with E-state index in [1.54, 1.807) is 6.26 Å². The Morgan fingerprint density at radius 2 is 2.08 bits per heavy atom. The lowest BCUT2D eigenvalue weighted by molar-refractivity contribution is -0.279. The van der Waals surface area contributed by atoms with Crippen LogP contribution in [-0.4, -0.2) is 29.1 Å². The maximum atomic E-state index is 12.7. The molecule has 7 heteroatoms. The Labute approximate surface area is 71.4 Å². The van der Waals surface area contributed by atoms with Crippen LogP contribution < -0.4 is 0 Å². The van der Waals surface area contributed by atoms with E-state index in [9.17, 15) is 23.3 Å². The van der Waals surface area contributed by atoms with Crippen molar-refractivity contribution in [1.29, 1.82) is 0 Å². The first-order chi connectivity index (χ1) is 5.45. The summed E-state index contributed by atoms with van der Waals surface area (Å²) in [5.41, 5.74) is 0. The van der Waals surface area contributed by atoms with Crippen LogP contribution in [0.2, 0.25) is 0 Å². The molecule has 0 spiro atoms. The lowest BCUT2D eigenvalue weighted by Crippen LogP contribution is -2.43. The first-order valence-electron chi connectivity index (χ1n) is 2.96. The fourth-order valence-corrected chi connectivity index (χ4v) is 0.968. The zero-order valence-corrected chi connectivity index (χ0v) is 7.04. The van der Waals surface area contributed by atoms with Crippen molar-refractivity contribution in [2.24, 2.45) is 0 Å². The van der Waals surface area contributed by atoms with E-state index in [0.717, 1.165) is 11.8 Å². The molecule has 0 heterocycles. The Morgan fingerprint density at radius 1 is 1.58 bits per heavy atom. The third-order valence-electron chi connectivity index (χ3n) is 1.22. The average Bonchev–Trinajstić information content (AvgIpc) is 1.99. The van der Waals surface area contributed by atoms with E-state index in [1.165, 1.54) is 0 Å². The Hall–Kier alpha value is -0.430. The molecule has 12 heavy (non-hydrogen) atoms. The quantitative estimate of drug-likeness (QED) is 0.500. The highest BCUT2D eigenvalue weighted by molar-refractivity contribution is 7.98. The van der Waals surface area contributed by atoms with E-state index in [1.807, 2.05) is 0 Å². The van der Waals surface area contributed by atoms with Crippen LogP contribution in [0.1, 0.15) is 6.42 Å². The molecule has 0 saturated carbocycles. The Morgan fingerprint density at radius 3 is 2.33 bits per heavy atom. The molecule has 0 bridgehead atoms. The summed E-state index contributed by atoms with van der Waals surface area (Å²) in [6.07, 6.45) is 0.750. The summed E-state index contributed by atoms with van der Waals surface area (Å²) in [6.45, 7) is 0. The van der Waals surface area contributed by atoms with Gasteiger partial charge < -0.3 is 0 Å². The van der Waals surface area contributed by atoms with Gasteiger partial charge in [-0.2, -0.15) is 11.8 Å². The van der Waals surface area contributed by atoms with Crippen LogP contribution in [0.25, 0.3) is 0 Å². The van der Waals surface area contributed by atoms with Gasteiger partial charge in [0.15, 0.2) is 0 Å². The first kappa shape index (κ1) is 11.6. The van der Waals surface area contributed by atoms with Crippen LogP contribution >= 0.6 is 11.8 Å². The lowest BCUT2D eigenvalue weighted by atomic mass is 10.2. The maximum absolute atomic E-state index is 12.7. The van der Waals surface area contributed by atoms with Gasteiger partial charge in [0.05, 0.1) is 5.34 Å². The SMILES string of the molecule is CSCCC(F)(C([O])=O)N(F)F. The standard InChI is InChI=1S/C5H7F3NO2S/c1-12-3-2-5(6,4(10)11)9(7)8/h2-3H2,1H3. The van der Waals surface area contributed by atoms with Gasteiger partial charge in [0.2, 0.25) is 0 Å². The predicted octanol–water partition coefficient (Wildman–Crippen LogP) is 1.43. The van der Waals surface area contributed by atoms with Crippen molar-refractivity contribution in [2.45, 2.75) is 12.2 Å². The van der Waals surface area contributed by atoms with E-state index < -0.39 is 23.5 Å². The van der Waals surface area contributed by atoms with E-state index in [2.05, 4.69) is 0 Å². The molecule has 1 atom stereocenters. The van der Waals surface area contributed by atoms with E-state index in [-0.39, 0.29) is 5.75 Å². The summed E-state index contributed by atoms with van der Waals surface area (Å²) in [7, 11) is 0. The zero-order valence-electron chi connectivity index (χ0n) is 6.22. The Bertz CT molecular complexity index is 169. The van der Waals surface area contributed by atoms with E-state index in [0.29, 0.717) is 0 Å². The molecule has 0 N–H and O–H groups in total. The normalized spacial score (nSPS) is 16.1. The minimum Gasteiger partial charge on any atom is -0.242 e. The number of alkyl halides is 1. The molecule has 0 aliphatic heterocycles.